The van der Waals surface area contributed by atoms with Crippen LogP contribution in [-0.4, -0.2) is 48.8 Å². The lowest BCUT2D eigenvalue weighted by atomic mass is 10.2. The Labute approximate surface area is 92.2 Å². The van der Waals surface area contributed by atoms with Crippen LogP contribution in [0.25, 0.3) is 0 Å². The van der Waals surface area contributed by atoms with Crippen LogP contribution in [-0.2, 0) is 9.59 Å². The highest BCUT2D eigenvalue weighted by Crippen LogP contribution is 1.98. The van der Waals surface area contributed by atoms with Crippen LogP contribution < -0.4 is 0 Å². The molecule has 4 nitrogen and oxygen atoms in total. The molecule has 0 aromatic heterocycles. The van der Waals surface area contributed by atoms with E-state index in [1.165, 1.54) is 0 Å². The molecule has 0 aliphatic carbocycles. The minimum absolute atomic E-state index is 0.139. The van der Waals surface area contributed by atoms with Crippen molar-refractivity contribution in [1.29, 1.82) is 0 Å². The molecule has 0 fully saturated rings. The summed E-state index contributed by atoms with van der Waals surface area (Å²) >= 11 is 0. The van der Waals surface area contributed by atoms with Gasteiger partial charge < -0.3 is 9.80 Å². The number of hydrogen-bond donors (Lipinski definition) is 0. The van der Waals surface area contributed by atoms with Gasteiger partial charge in [-0.2, -0.15) is 0 Å². The quantitative estimate of drug-likeness (QED) is 0.448. The molecule has 0 rings (SSSR count). The van der Waals surface area contributed by atoms with E-state index in [0.717, 1.165) is 45.3 Å². The zero-order valence-electron chi connectivity index (χ0n) is 10.0. The number of nitrogens with zero attached hydrogens (tertiary/aromatic N) is 2. The molecule has 0 aliphatic heterocycles. The van der Waals surface area contributed by atoms with Gasteiger partial charge in [-0.25, -0.2) is 0 Å². The fourth-order valence-corrected chi connectivity index (χ4v) is 1.41. The molecule has 0 aromatic rings. The van der Waals surface area contributed by atoms with Gasteiger partial charge in [-0.1, -0.05) is 6.92 Å². The van der Waals surface area contributed by atoms with Gasteiger partial charge in [-0.15, -0.1) is 0 Å². The lowest BCUT2D eigenvalue weighted by Crippen LogP contribution is -2.31. The van der Waals surface area contributed by atoms with E-state index in [1.54, 1.807) is 18.9 Å². The maximum Gasteiger partial charge on any atom is 0.219 e. The molecule has 0 spiro atoms. The lowest BCUT2D eigenvalue weighted by molar-refractivity contribution is -0.129. The average Bonchev–Trinajstić information content (AvgIpc) is 2.21. The monoisotopic (exact) mass is 214 g/mol. The summed E-state index contributed by atoms with van der Waals surface area (Å²) in [6.07, 6.45) is 3.73. The molecular formula is C11H22N2O2. The van der Waals surface area contributed by atoms with Crippen LogP contribution in [0.3, 0.4) is 0 Å². The van der Waals surface area contributed by atoms with E-state index in [0.29, 0.717) is 0 Å². The summed E-state index contributed by atoms with van der Waals surface area (Å²) in [5.74, 6) is 0.139. The number of unbranched alkanes of at least 4 members (excludes halogenated alkanes) is 1. The van der Waals surface area contributed by atoms with Crippen molar-refractivity contribution in [2.24, 2.45) is 0 Å². The second-order valence-corrected chi connectivity index (χ2v) is 3.80. The maximum absolute atomic E-state index is 11.2. The molecule has 0 unspecified atom stereocenters. The van der Waals surface area contributed by atoms with Crippen LogP contribution in [0.15, 0.2) is 0 Å². The molecular weight excluding hydrogens is 192 g/mol. The Morgan fingerprint density at radius 2 is 1.80 bits per heavy atom. The highest BCUT2D eigenvalue weighted by molar-refractivity contribution is 5.73. The fraction of sp³-hybridized carbons (Fsp3) is 0.818. The zero-order valence-corrected chi connectivity index (χ0v) is 10.0. The minimum Gasteiger partial charge on any atom is -0.348 e. The summed E-state index contributed by atoms with van der Waals surface area (Å²) in [7, 11) is 1.77. The lowest BCUT2D eigenvalue weighted by Gasteiger charge is -2.20. The molecule has 0 saturated heterocycles. The Morgan fingerprint density at radius 1 is 1.20 bits per heavy atom. The molecule has 0 heterocycles. The third kappa shape index (κ3) is 6.94. The first-order chi connectivity index (χ1) is 7.11. The van der Waals surface area contributed by atoms with Gasteiger partial charge in [0.15, 0.2) is 0 Å². The van der Waals surface area contributed by atoms with E-state index in [-0.39, 0.29) is 5.91 Å². The molecule has 2 amide bonds. The van der Waals surface area contributed by atoms with Gasteiger partial charge in [-0.3, -0.25) is 9.59 Å². The molecule has 0 N–H and O–H groups in total. The normalized spacial score (nSPS) is 9.80. The molecule has 15 heavy (non-hydrogen) atoms. The Bertz CT molecular complexity index is 195. The Morgan fingerprint density at radius 3 is 2.27 bits per heavy atom. The van der Waals surface area contributed by atoms with Gasteiger partial charge in [-0.05, 0) is 19.3 Å². The number of hydrogen-bond acceptors (Lipinski definition) is 2. The fourth-order valence-electron chi connectivity index (χ4n) is 1.41. The van der Waals surface area contributed by atoms with Crippen LogP contribution in [0, 0.1) is 0 Å². The minimum atomic E-state index is 0.139. The number of carbonyl (C=O) groups excluding carboxylic acids is 2. The number of rotatable bonds is 8. The van der Waals surface area contributed by atoms with E-state index in [1.807, 2.05) is 4.90 Å². The molecule has 0 atom stereocenters. The Hall–Kier alpha value is -1.06. The highest BCUT2D eigenvalue weighted by Gasteiger charge is 2.06. The van der Waals surface area contributed by atoms with E-state index in [9.17, 15) is 9.59 Å². The van der Waals surface area contributed by atoms with Crippen LogP contribution in [0.5, 0.6) is 0 Å². The first-order valence-electron chi connectivity index (χ1n) is 5.52. The Balaban J connectivity index is 3.62. The molecule has 0 aliphatic rings. The standard InChI is InChI=1S/C11H22N2O2/c1-4-7-13(11(2)15)9-6-5-8-12(3)10-14/h10H,4-9H2,1-3H3. The molecule has 4 heteroatoms. The SMILES string of the molecule is CCCN(CCCCN(C)C=O)C(C)=O. The van der Waals surface area contributed by atoms with Crippen molar-refractivity contribution in [3.05, 3.63) is 0 Å². The van der Waals surface area contributed by atoms with Crippen LogP contribution in [0.1, 0.15) is 33.1 Å². The smallest absolute Gasteiger partial charge is 0.219 e. The van der Waals surface area contributed by atoms with Crippen LogP contribution in [0.4, 0.5) is 0 Å². The molecule has 88 valence electrons. The molecule has 0 bridgehead atoms. The van der Waals surface area contributed by atoms with Gasteiger partial charge in [0.2, 0.25) is 12.3 Å². The second-order valence-electron chi connectivity index (χ2n) is 3.80. The second kappa shape index (κ2) is 8.26. The maximum atomic E-state index is 11.2. The highest BCUT2D eigenvalue weighted by atomic mass is 16.2. The van der Waals surface area contributed by atoms with Crippen LogP contribution in [0.2, 0.25) is 0 Å². The van der Waals surface area contributed by atoms with Crippen molar-refractivity contribution in [3.8, 4) is 0 Å². The summed E-state index contributed by atoms with van der Waals surface area (Å²) < 4.78 is 0. The summed E-state index contributed by atoms with van der Waals surface area (Å²) in [5, 5.41) is 0. The van der Waals surface area contributed by atoms with Crippen molar-refractivity contribution in [2.75, 3.05) is 26.7 Å². The van der Waals surface area contributed by atoms with E-state index in [2.05, 4.69) is 6.92 Å². The summed E-state index contributed by atoms with van der Waals surface area (Å²) in [6.45, 7) is 6.07. The number of amides is 2. The predicted octanol–water partition coefficient (Wildman–Crippen LogP) is 1.11. The number of carbonyl (C=O) groups is 2. The van der Waals surface area contributed by atoms with Gasteiger partial charge in [0.25, 0.3) is 0 Å². The third-order valence-electron chi connectivity index (χ3n) is 2.31. The Kier molecular flexibility index (Phi) is 7.68. The predicted molar refractivity (Wildman–Crippen MR) is 60.5 cm³/mol. The first-order valence-corrected chi connectivity index (χ1v) is 5.52. The van der Waals surface area contributed by atoms with Crippen molar-refractivity contribution < 1.29 is 9.59 Å². The topological polar surface area (TPSA) is 40.6 Å². The molecule has 0 saturated carbocycles. The van der Waals surface area contributed by atoms with E-state index in [4.69, 9.17) is 0 Å². The summed E-state index contributed by atoms with van der Waals surface area (Å²) in [5.41, 5.74) is 0. The van der Waals surface area contributed by atoms with Crippen molar-refractivity contribution in [3.63, 3.8) is 0 Å². The van der Waals surface area contributed by atoms with Crippen molar-refractivity contribution in [1.82, 2.24) is 9.80 Å². The summed E-state index contributed by atoms with van der Waals surface area (Å²) in [6, 6.07) is 0. The third-order valence-corrected chi connectivity index (χ3v) is 2.31. The van der Waals surface area contributed by atoms with Gasteiger partial charge in [0, 0.05) is 33.6 Å². The molecule has 0 aromatic carbocycles. The van der Waals surface area contributed by atoms with Gasteiger partial charge in [0.05, 0.1) is 0 Å². The zero-order chi connectivity index (χ0) is 11.7. The van der Waals surface area contributed by atoms with Gasteiger partial charge >= 0.3 is 0 Å². The van der Waals surface area contributed by atoms with Crippen molar-refractivity contribution >= 4 is 12.3 Å². The average molecular weight is 214 g/mol. The first kappa shape index (κ1) is 13.9. The largest absolute Gasteiger partial charge is 0.348 e. The van der Waals surface area contributed by atoms with Gasteiger partial charge in [0.1, 0.15) is 0 Å². The van der Waals surface area contributed by atoms with Crippen molar-refractivity contribution in [2.45, 2.75) is 33.1 Å². The van der Waals surface area contributed by atoms with E-state index >= 15 is 0 Å². The van der Waals surface area contributed by atoms with E-state index < -0.39 is 0 Å². The summed E-state index contributed by atoms with van der Waals surface area (Å²) in [4.78, 5) is 25.0. The molecule has 0 radical (unpaired) electrons. The van der Waals surface area contributed by atoms with Crippen LogP contribution >= 0.6 is 0 Å².